The van der Waals surface area contributed by atoms with Gasteiger partial charge in [-0.1, -0.05) is 6.08 Å². The van der Waals surface area contributed by atoms with Crippen molar-refractivity contribution in [2.45, 2.75) is 24.8 Å². The Hall–Kier alpha value is -1.45. The van der Waals surface area contributed by atoms with Crippen LogP contribution >= 0.6 is 12.4 Å². The molecule has 3 nitrogen and oxygen atoms in total. The molecule has 0 unspecified atom stereocenters. The number of nitrogens with zero attached hydrogens (tertiary/aromatic N) is 1. The third-order valence-corrected chi connectivity index (χ3v) is 4.31. The number of rotatable bonds is 5. The van der Waals surface area contributed by atoms with Gasteiger partial charge < -0.3 is 10.1 Å². The van der Waals surface area contributed by atoms with Crippen LogP contribution in [0.3, 0.4) is 0 Å². The first-order valence-electron chi connectivity index (χ1n) is 8.01. The molecule has 1 aliphatic rings. The Morgan fingerprint density at radius 2 is 1.74 bits per heavy atom. The number of nitrogens with one attached hydrogen (secondary N) is 1. The van der Waals surface area contributed by atoms with Crippen molar-refractivity contribution in [3.05, 3.63) is 41.5 Å². The van der Waals surface area contributed by atoms with Crippen LogP contribution in [0.15, 0.2) is 24.8 Å². The highest BCUT2D eigenvalue weighted by Gasteiger charge is 2.42. The average molecular weight is 419 g/mol. The minimum atomic E-state index is -4.95. The number of methoxy groups -OCH3 is 1. The largest absolute Gasteiger partial charge is 0.496 e. The van der Waals surface area contributed by atoms with Crippen LogP contribution in [0.4, 0.5) is 26.3 Å². The maximum atomic E-state index is 13.6. The van der Waals surface area contributed by atoms with Crippen molar-refractivity contribution in [2.75, 3.05) is 33.3 Å². The van der Waals surface area contributed by atoms with Gasteiger partial charge in [0.2, 0.25) is 0 Å². The zero-order valence-electron chi connectivity index (χ0n) is 14.6. The first kappa shape index (κ1) is 23.6. The molecule has 1 N–H and O–H groups in total. The third-order valence-electron chi connectivity index (χ3n) is 4.31. The molecule has 1 aromatic carbocycles. The molecule has 1 heterocycles. The van der Waals surface area contributed by atoms with E-state index in [1.807, 2.05) is 0 Å². The molecule has 0 radical (unpaired) electrons. The number of benzene rings is 1. The number of alkyl halides is 6. The fourth-order valence-electron chi connectivity index (χ4n) is 3.14. The molecule has 1 atom stereocenters. The number of hydrogen-bond acceptors (Lipinski definition) is 3. The van der Waals surface area contributed by atoms with Crippen LogP contribution in [0.25, 0.3) is 0 Å². The zero-order chi connectivity index (χ0) is 19.5. The van der Waals surface area contributed by atoms with Crippen LogP contribution in [0.2, 0.25) is 0 Å². The molecule has 1 fully saturated rings. The van der Waals surface area contributed by atoms with Crippen molar-refractivity contribution in [1.82, 2.24) is 10.2 Å². The van der Waals surface area contributed by atoms with E-state index in [0.29, 0.717) is 32.2 Å². The molecule has 0 aliphatic carbocycles. The fourth-order valence-corrected chi connectivity index (χ4v) is 3.14. The molecular weight excluding hydrogens is 398 g/mol. The normalized spacial score (nSPS) is 17.1. The minimum absolute atomic E-state index is 0. The van der Waals surface area contributed by atoms with Gasteiger partial charge >= 0.3 is 12.4 Å². The van der Waals surface area contributed by atoms with Crippen LogP contribution < -0.4 is 10.1 Å². The summed E-state index contributed by atoms with van der Waals surface area (Å²) in [7, 11) is 1.07. The van der Waals surface area contributed by atoms with Gasteiger partial charge in [0, 0.05) is 37.8 Å². The predicted molar refractivity (Wildman–Crippen MR) is 92.2 cm³/mol. The molecule has 154 valence electrons. The van der Waals surface area contributed by atoms with Gasteiger partial charge in [0.15, 0.2) is 0 Å². The SMILES string of the molecule is C=CC[C@H](c1c(OC)cc(C(F)(F)F)cc1C(F)(F)F)N1CCNCC1.Cl. The lowest BCUT2D eigenvalue weighted by Crippen LogP contribution is -2.45. The Morgan fingerprint density at radius 1 is 1.15 bits per heavy atom. The van der Waals surface area contributed by atoms with Crippen LogP contribution in [0, 0.1) is 0 Å². The smallest absolute Gasteiger partial charge is 0.416 e. The molecule has 1 aliphatic heterocycles. The van der Waals surface area contributed by atoms with Crippen LogP contribution in [-0.2, 0) is 12.4 Å². The molecule has 0 aromatic heterocycles. The van der Waals surface area contributed by atoms with Crippen LogP contribution in [-0.4, -0.2) is 38.2 Å². The second-order valence-corrected chi connectivity index (χ2v) is 5.96. The highest BCUT2D eigenvalue weighted by Crippen LogP contribution is 2.45. The maximum Gasteiger partial charge on any atom is 0.416 e. The summed E-state index contributed by atoms with van der Waals surface area (Å²) < 4.78 is 85.0. The fraction of sp³-hybridized carbons (Fsp3) is 0.529. The summed E-state index contributed by atoms with van der Waals surface area (Å²) in [4.78, 5) is 1.80. The van der Waals surface area contributed by atoms with Crippen molar-refractivity contribution < 1.29 is 31.1 Å². The van der Waals surface area contributed by atoms with Crippen molar-refractivity contribution >= 4 is 12.4 Å². The molecule has 10 heteroatoms. The second-order valence-electron chi connectivity index (χ2n) is 5.96. The number of halogens is 7. The molecular formula is C17H21ClF6N2O. The van der Waals surface area contributed by atoms with Crippen molar-refractivity contribution in [1.29, 1.82) is 0 Å². The zero-order valence-corrected chi connectivity index (χ0v) is 15.4. The Bertz CT molecular complexity index is 642. The van der Waals surface area contributed by atoms with Crippen molar-refractivity contribution in [2.24, 2.45) is 0 Å². The summed E-state index contributed by atoms with van der Waals surface area (Å²) >= 11 is 0. The quantitative estimate of drug-likeness (QED) is 0.555. The maximum absolute atomic E-state index is 13.6. The molecule has 2 rings (SSSR count). The number of piperazine rings is 1. The summed E-state index contributed by atoms with van der Waals surface area (Å²) in [5.74, 6) is -0.419. The summed E-state index contributed by atoms with van der Waals surface area (Å²) in [5.41, 5.74) is -2.99. The summed E-state index contributed by atoms with van der Waals surface area (Å²) in [5, 5.41) is 3.10. The monoisotopic (exact) mass is 418 g/mol. The highest BCUT2D eigenvalue weighted by atomic mass is 35.5. The van der Waals surface area contributed by atoms with E-state index in [9.17, 15) is 26.3 Å². The van der Waals surface area contributed by atoms with Gasteiger partial charge in [-0.15, -0.1) is 19.0 Å². The van der Waals surface area contributed by atoms with Crippen LogP contribution in [0.5, 0.6) is 5.75 Å². The van der Waals surface area contributed by atoms with Gasteiger partial charge in [-0.25, -0.2) is 0 Å². The number of ether oxygens (including phenoxy) is 1. The lowest BCUT2D eigenvalue weighted by molar-refractivity contribution is -0.144. The predicted octanol–water partition coefficient (Wildman–Crippen LogP) is 4.68. The van der Waals surface area contributed by atoms with Gasteiger partial charge in [-0.2, -0.15) is 26.3 Å². The Labute approximate surface area is 159 Å². The summed E-state index contributed by atoms with van der Waals surface area (Å²) in [6, 6.07) is 0.0161. The molecule has 1 aromatic rings. The van der Waals surface area contributed by atoms with E-state index in [4.69, 9.17) is 4.74 Å². The van der Waals surface area contributed by atoms with E-state index < -0.39 is 35.3 Å². The molecule has 0 saturated carbocycles. The van der Waals surface area contributed by atoms with E-state index in [0.717, 1.165) is 7.11 Å². The Balaban J connectivity index is 0.00000364. The molecule has 0 bridgehead atoms. The molecule has 0 spiro atoms. The van der Waals surface area contributed by atoms with E-state index in [2.05, 4.69) is 11.9 Å². The minimum Gasteiger partial charge on any atom is -0.496 e. The van der Waals surface area contributed by atoms with E-state index in [1.54, 1.807) is 4.90 Å². The lowest BCUT2D eigenvalue weighted by atomic mass is 9.92. The standard InChI is InChI=1S/C17H20F6N2O.ClH/c1-3-4-13(25-7-5-24-6-8-25)15-12(17(21,22)23)9-11(16(18,19)20)10-14(15)26-2;/h3,9-10,13,24H,1,4-8H2,2H3;1H/t13-;/m1./s1. The summed E-state index contributed by atoms with van der Waals surface area (Å²) in [6.07, 6.45) is -8.24. The van der Waals surface area contributed by atoms with Crippen molar-refractivity contribution in [3.63, 3.8) is 0 Å². The van der Waals surface area contributed by atoms with Gasteiger partial charge in [0.1, 0.15) is 5.75 Å². The molecule has 27 heavy (non-hydrogen) atoms. The molecule has 1 saturated heterocycles. The number of hydrogen-bond donors (Lipinski definition) is 1. The first-order chi connectivity index (χ1) is 12.1. The van der Waals surface area contributed by atoms with Gasteiger partial charge in [-0.05, 0) is 18.6 Å². The van der Waals surface area contributed by atoms with E-state index in [1.165, 1.54) is 6.08 Å². The highest BCUT2D eigenvalue weighted by molar-refractivity contribution is 5.85. The Morgan fingerprint density at radius 3 is 2.19 bits per heavy atom. The topological polar surface area (TPSA) is 24.5 Å². The summed E-state index contributed by atoms with van der Waals surface area (Å²) in [6.45, 7) is 5.69. The van der Waals surface area contributed by atoms with Gasteiger partial charge in [-0.3, -0.25) is 4.90 Å². The van der Waals surface area contributed by atoms with Crippen molar-refractivity contribution in [3.8, 4) is 5.75 Å². The lowest BCUT2D eigenvalue weighted by Gasteiger charge is -2.36. The van der Waals surface area contributed by atoms with Crippen LogP contribution in [0.1, 0.15) is 29.2 Å². The second kappa shape index (κ2) is 9.16. The van der Waals surface area contributed by atoms with Gasteiger partial charge in [0.25, 0.3) is 0 Å². The van der Waals surface area contributed by atoms with Gasteiger partial charge in [0.05, 0.1) is 18.2 Å². The third kappa shape index (κ3) is 5.52. The molecule has 0 amide bonds. The van der Waals surface area contributed by atoms with E-state index >= 15 is 0 Å². The first-order valence-corrected chi connectivity index (χ1v) is 8.01. The van der Waals surface area contributed by atoms with E-state index in [-0.39, 0.29) is 30.5 Å². The Kier molecular flexibility index (Phi) is 8.00. The average Bonchev–Trinajstić information content (AvgIpc) is 2.57.